The van der Waals surface area contributed by atoms with E-state index >= 15 is 0 Å². The molecule has 2 aromatic rings. The van der Waals surface area contributed by atoms with Gasteiger partial charge in [0.05, 0.1) is 17.8 Å². The van der Waals surface area contributed by atoms with Crippen LogP contribution < -0.4 is 15.5 Å². The topological polar surface area (TPSA) is 98.7 Å². The summed E-state index contributed by atoms with van der Waals surface area (Å²) < 4.78 is 38.3. The van der Waals surface area contributed by atoms with Crippen molar-refractivity contribution in [2.45, 2.75) is 49.7 Å². The Kier molecular flexibility index (Phi) is 9.25. The summed E-state index contributed by atoms with van der Waals surface area (Å²) in [6, 6.07) is 10.2. The van der Waals surface area contributed by atoms with Crippen LogP contribution in [0.5, 0.6) is 0 Å². The lowest BCUT2D eigenvalue weighted by molar-refractivity contribution is -0.137. The minimum absolute atomic E-state index is 0.0633. The highest BCUT2D eigenvalue weighted by Gasteiger charge is 2.31. The van der Waals surface area contributed by atoms with Crippen molar-refractivity contribution < 1.29 is 32.7 Å². The molecular formula is C25H28F3N3O4S. The Labute approximate surface area is 211 Å². The molecule has 3 rings (SSSR count). The second-order valence-electron chi connectivity index (χ2n) is 8.66. The number of aryl methyl sites for hydroxylation is 1. The molecule has 7 nitrogen and oxygen atoms in total. The predicted molar refractivity (Wildman–Crippen MR) is 131 cm³/mol. The van der Waals surface area contributed by atoms with Crippen LogP contribution in [0.15, 0.2) is 53.4 Å². The molecule has 11 heteroatoms. The lowest BCUT2D eigenvalue weighted by Crippen LogP contribution is -2.50. The van der Waals surface area contributed by atoms with Gasteiger partial charge < -0.3 is 15.7 Å². The average molecular weight is 524 g/mol. The first-order chi connectivity index (χ1) is 17.0. The summed E-state index contributed by atoms with van der Waals surface area (Å²) in [6.45, 7) is 1.57. The third kappa shape index (κ3) is 7.64. The van der Waals surface area contributed by atoms with Crippen molar-refractivity contribution in [2.24, 2.45) is 5.92 Å². The van der Waals surface area contributed by atoms with Crippen LogP contribution in [0.4, 0.5) is 28.4 Å². The monoisotopic (exact) mass is 523 g/mol. The first-order valence-corrected chi connectivity index (χ1v) is 12.5. The van der Waals surface area contributed by atoms with E-state index in [2.05, 4.69) is 34.9 Å². The summed E-state index contributed by atoms with van der Waals surface area (Å²) >= 11 is 1.73. The summed E-state index contributed by atoms with van der Waals surface area (Å²) in [6.07, 6.45) is -2.45. The van der Waals surface area contributed by atoms with Crippen molar-refractivity contribution in [3.05, 3.63) is 59.7 Å². The first kappa shape index (κ1) is 27.4. The minimum Gasteiger partial charge on any atom is -0.464 e. The van der Waals surface area contributed by atoms with Gasteiger partial charge in [0.25, 0.3) is 0 Å². The van der Waals surface area contributed by atoms with E-state index in [0.717, 1.165) is 48.5 Å². The van der Waals surface area contributed by atoms with Gasteiger partial charge >= 0.3 is 18.3 Å². The van der Waals surface area contributed by atoms with Gasteiger partial charge in [-0.15, -0.1) is 11.8 Å². The van der Waals surface area contributed by atoms with Crippen molar-refractivity contribution in [1.82, 2.24) is 10.6 Å². The maximum atomic E-state index is 12.8. The number of halogens is 3. The van der Waals surface area contributed by atoms with Gasteiger partial charge in [0.1, 0.15) is 0 Å². The van der Waals surface area contributed by atoms with Crippen LogP contribution >= 0.6 is 11.8 Å². The molecule has 0 spiro atoms. The Balaban J connectivity index is 1.54. The molecule has 0 aromatic heterocycles. The fourth-order valence-corrected chi connectivity index (χ4v) is 5.18. The first-order valence-electron chi connectivity index (χ1n) is 11.5. The molecule has 0 aliphatic heterocycles. The maximum absolute atomic E-state index is 12.8. The van der Waals surface area contributed by atoms with Crippen molar-refractivity contribution in [1.29, 1.82) is 0 Å². The SMILES string of the molecule is Cc1ccc(SC[C@@H]2CCCC[C@@H]2NC(=O)CNC(=O)N(C(=O)O)c2ccc(C(F)(F)F)cc2)cc1. The summed E-state index contributed by atoms with van der Waals surface area (Å²) in [5, 5.41) is 14.6. The van der Waals surface area contributed by atoms with Crippen LogP contribution in [0, 0.1) is 12.8 Å². The number of thioether (sulfide) groups is 1. The number of hydrogen-bond acceptors (Lipinski definition) is 4. The van der Waals surface area contributed by atoms with Crippen molar-refractivity contribution in [3.8, 4) is 0 Å². The van der Waals surface area contributed by atoms with Crippen LogP contribution in [-0.2, 0) is 11.0 Å². The molecule has 1 aliphatic rings. The zero-order valence-corrected chi connectivity index (χ0v) is 20.5. The summed E-state index contributed by atoms with van der Waals surface area (Å²) in [7, 11) is 0. The molecule has 0 saturated heterocycles. The van der Waals surface area contributed by atoms with Gasteiger partial charge in [0.15, 0.2) is 0 Å². The van der Waals surface area contributed by atoms with Crippen LogP contribution in [-0.4, -0.2) is 41.5 Å². The van der Waals surface area contributed by atoms with Crippen LogP contribution in [0.25, 0.3) is 0 Å². The van der Waals surface area contributed by atoms with Gasteiger partial charge in [-0.1, -0.05) is 30.5 Å². The van der Waals surface area contributed by atoms with E-state index in [0.29, 0.717) is 12.1 Å². The number of rotatable bonds is 7. The summed E-state index contributed by atoms with van der Waals surface area (Å²) in [4.78, 5) is 38.0. The number of carboxylic acid groups (broad SMARTS) is 1. The average Bonchev–Trinajstić information content (AvgIpc) is 2.83. The van der Waals surface area contributed by atoms with E-state index < -0.39 is 36.3 Å². The van der Waals surface area contributed by atoms with E-state index in [9.17, 15) is 32.7 Å². The molecule has 1 saturated carbocycles. The Morgan fingerprint density at radius 2 is 1.67 bits per heavy atom. The number of imide groups is 1. The molecule has 2 aromatic carbocycles. The molecule has 0 unspecified atom stereocenters. The summed E-state index contributed by atoms with van der Waals surface area (Å²) in [5.74, 6) is 0.631. The van der Waals surface area contributed by atoms with Crippen LogP contribution in [0.3, 0.4) is 0 Å². The van der Waals surface area contributed by atoms with Gasteiger partial charge in [0, 0.05) is 16.7 Å². The molecule has 0 bridgehead atoms. The number of nitrogens with one attached hydrogen (secondary N) is 2. The molecule has 1 aliphatic carbocycles. The molecule has 194 valence electrons. The number of hydrogen-bond donors (Lipinski definition) is 3. The molecule has 1 fully saturated rings. The smallest absolute Gasteiger partial charge is 0.420 e. The largest absolute Gasteiger partial charge is 0.464 e. The highest BCUT2D eigenvalue weighted by Crippen LogP contribution is 2.31. The lowest BCUT2D eigenvalue weighted by atomic mass is 9.86. The Morgan fingerprint density at radius 1 is 1.03 bits per heavy atom. The van der Waals surface area contributed by atoms with Gasteiger partial charge in [-0.25, -0.2) is 9.59 Å². The standard InChI is InChI=1S/C25H28F3N3O4S/c1-16-6-12-20(13-7-16)36-15-17-4-2-3-5-21(17)30-22(32)14-29-23(33)31(24(34)35)19-10-8-18(9-11-19)25(26,27)28/h6-13,17,21H,2-5,14-15H2,1H3,(H,29,33)(H,30,32)(H,34,35)/t17-,21-/m0/s1. The minimum atomic E-state index is -4.59. The third-order valence-electron chi connectivity index (χ3n) is 5.99. The second kappa shape index (κ2) is 12.2. The number of carbonyl (C=O) groups is 3. The fourth-order valence-electron chi connectivity index (χ4n) is 4.04. The molecule has 2 atom stereocenters. The third-order valence-corrected chi connectivity index (χ3v) is 7.19. The Morgan fingerprint density at radius 3 is 2.28 bits per heavy atom. The number of anilines is 1. The lowest BCUT2D eigenvalue weighted by Gasteiger charge is -2.32. The highest BCUT2D eigenvalue weighted by molar-refractivity contribution is 7.99. The van der Waals surface area contributed by atoms with Crippen molar-refractivity contribution in [3.63, 3.8) is 0 Å². The van der Waals surface area contributed by atoms with Gasteiger partial charge in [-0.3, -0.25) is 4.79 Å². The van der Waals surface area contributed by atoms with E-state index in [-0.39, 0.29) is 22.5 Å². The number of nitrogens with zero attached hydrogens (tertiary/aromatic N) is 1. The van der Waals surface area contributed by atoms with Gasteiger partial charge in [0.2, 0.25) is 5.91 Å². The molecule has 4 amide bonds. The zero-order chi connectivity index (χ0) is 26.3. The zero-order valence-electron chi connectivity index (χ0n) is 19.7. The highest BCUT2D eigenvalue weighted by atomic mass is 32.2. The Bertz CT molecular complexity index is 1060. The second-order valence-corrected chi connectivity index (χ2v) is 9.76. The molecule has 3 N–H and O–H groups in total. The number of urea groups is 1. The molecule has 0 radical (unpaired) electrons. The fraction of sp³-hybridized carbons (Fsp3) is 0.400. The maximum Gasteiger partial charge on any atom is 0.420 e. The van der Waals surface area contributed by atoms with E-state index in [4.69, 9.17) is 0 Å². The quantitative estimate of drug-likeness (QED) is 0.406. The van der Waals surface area contributed by atoms with Crippen molar-refractivity contribution >= 4 is 35.5 Å². The number of benzene rings is 2. The van der Waals surface area contributed by atoms with E-state index in [1.54, 1.807) is 11.8 Å². The molecule has 0 heterocycles. The van der Waals surface area contributed by atoms with Gasteiger partial charge in [-0.05, 0) is 62.1 Å². The van der Waals surface area contributed by atoms with Crippen molar-refractivity contribution in [2.75, 3.05) is 17.2 Å². The Hall–Kier alpha value is -3.21. The predicted octanol–water partition coefficient (Wildman–Crippen LogP) is 5.68. The summed E-state index contributed by atoms with van der Waals surface area (Å²) in [5.41, 5.74) is -0.0585. The van der Waals surface area contributed by atoms with Crippen LogP contribution in [0.2, 0.25) is 0 Å². The number of alkyl halides is 3. The van der Waals surface area contributed by atoms with E-state index in [1.165, 1.54) is 5.56 Å². The normalized spacial score (nSPS) is 17.8. The number of carbonyl (C=O) groups excluding carboxylic acids is 2. The molecule has 36 heavy (non-hydrogen) atoms. The van der Waals surface area contributed by atoms with E-state index in [1.807, 2.05) is 6.92 Å². The van der Waals surface area contributed by atoms with Gasteiger partial charge in [-0.2, -0.15) is 18.1 Å². The molecular weight excluding hydrogens is 495 g/mol. The van der Waals surface area contributed by atoms with Crippen LogP contribution in [0.1, 0.15) is 36.8 Å². The number of amides is 4.